The van der Waals surface area contributed by atoms with Crippen molar-refractivity contribution in [2.24, 2.45) is 5.92 Å². The van der Waals surface area contributed by atoms with Crippen LogP contribution in [0, 0.1) is 5.92 Å². The fraction of sp³-hybridized carbons (Fsp3) is 0.875. The van der Waals surface area contributed by atoms with Gasteiger partial charge in [0, 0.05) is 13.0 Å². The Hall–Kier alpha value is 0.146. The van der Waals surface area contributed by atoms with E-state index in [0.29, 0.717) is 6.42 Å². The van der Waals surface area contributed by atoms with Crippen molar-refractivity contribution in [3.63, 3.8) is 0 Å². The number of carbonyl (C=O) groups excluding carboxylic acids is 1. The fourth-order valence-electron chi connectivity index (χ4n) is 0.925. The van der Waals surface area contributed by atoms with E-state index in [1.807, 2.05) is 13.8 Å². The van der Waals surface area contributed by atoms with Crippen molar-refractivity contribution in [1.82, 2.24) is 5.32 Å². The van der Waals surface area contributed by atoms with Gasteiger partial charge in [0.2, 0.25) is 5.91 Å². The SMILES string of the molecule is CC(C)CC(=O)NCCCS(=O)(=O)O.[MgH2]. The standard InChI is InChI=1S/C8H17NO4S.Mg.2H/c1-7(2)6-8(10)9-4-3-5-14(11,12)13;;;/h7H,3-6H2,1-2H3,(H,9,10)(H,11,12,13);;;. The molecule has 0 saturated heterocycles. The Morgan fingerprint density at radius 3 is 2.33 bits per heavy atom. The van der Waals surface area contributed by atoms with Crippen molar-refractivity contribution < 1.29 is 17.8 Å². The number of nitrogens with one attached hydrogen (secondary N) is 1. The second kappa shape index (κ2) is 8.32. The number of hydrogen-bond donors (Lipinski definition) is 2. The molecule has 0 spiro atoms. The predicted molar refractivity (Wildman–Crippen MR) is 62.0 cm³/mol. The Kier molecular flexibility index (Phi) is 9.72. The molecule has 0 rings (SSSR count). The van der Waals surface area contributed by atoms with Crippen LogP contribution >= 0.6 is 0 Å². The Labute approximate surface area is 107 Å². The number of hydrogen-bond acceptors (Lipinski definition) is 3. The highest BCUT2D eigenvalue weighted by molar-refractivity contribution is 7.85. The maximum Gasteiger partial charge on any atom is 0.316 e. The number of carbonyl (C=O) groups is 1. The Balaban J connectivity index is 0. The van der Waals surface area contributed by atoms with Crippen LogP contribution in [-0.4, -0.2) is 54.2 Å². The fourth-order valence-corrected chi connectivity index (χ4v) is 1.43. The van der Waals surface area contributed by atoms with Gasteiger partial charge in [-0.15, -0.1) is 0 Å². The molecule has 0 bridgehead atoms. The molecule has 0 aromatic heterocycles. The summed E-state index contributed by atoms with van der Waals surface area (Å²) in [7, 11) is -3.90. The second-order valence-corrected chi connectivity index (χ2v) is 5.16. The molecule has 0 aromatic rings. The van der Waals surface area contributed by atoms with Crippen LogP contribution < -0.4 is 5.32 Å². The number of rotatable bonds is 6. The van der Waals surface area contributed by atoms with Gasteiger partial charge in [-0.25, -0.2) is 0 Å². The molecule has 15 heavy (non-hydrogen) atoms. The van der Waals surface area contributed by atoms with Crippen LogP contribution in [0.15, 0.2) is 0 Å². The lowest BCUT2D eigenvalue weighted by atomic mass is 10.1. The third-order valence-corrected chi connectivity index (χ3v) is 2.30. The van der Waals surface area contributed by atoms with Crippen LogP contribution in [0.2, 0.25) is 0 Å². The highest BCUT2D eigenvalue weighted by Crippen LogP contribution is 1.98. The van der Waals surface area contributed by atoms with E-state index in [0.717, 1.165) is 0 Å². The topological polar surface area (TPSA) is 83.5 Å². The van der Waals surface area contributed by atoms with Gasteiger partial charge in [0.15, 0.2) is 0 Å². The van der Waals surface area contributed by atoms with E-state index in [4.69, 9.17) is 4.55 Å². The molecule has 0 saturated carbocycles. The lowest BCUT2D eigenvalue weighted by molar-refractivity contribution is -0.121. The van der Waals surface area contributed by atoms with Crippen molar-refractivity contribution in [3.8, 4) is 0 Å². The quantitative estimate of drug-likeness (QED) is 0.378. The van der Waals surface area contributed by atoms with Crippen molar-refractivity contribution in [1.29, 1.82) is 0 Å². The van der Waals surface area contributed by atoms with Crippen LogP contribution in [0.1, 0.15) is 26.7 Å². The molecule has 7 heteroatoms. The van der Waals surface area contributed by atoms with Crippen LogP contribution in [0.4, 0.5) is 0 Å². The molecule has 0 aromatic carbocycles. The van der Waals surface area contributed by atoms with Gasteiger partial charge in [-0.3, -0.25) is 9.35 Å². The first-order valence-corrected chi connectivity index (χ1v) is 6.14. The highest BCUT2D eigenvalue weighted by atomic mass is 32.2. The van der Waals surface area contributed by atoms with Gasteiger partial charge in [-0.2, -0.15) is 8.42 Å². The second-order valence-electron chi connectivity index (χ2n) is 3.59. The average Bonchev–Trinajstić information content (AvgIpc) is 1.95. The van der Waals surface area contributed by atoms with Crippen LogP contribution in [0.5, 0.6) is 0 Å². The molecule has 0 fully saturated rings. The van der Waals surface area contributed by atoms with E-state index in [1.54, 1.807) is 0 Å². The maximum absolute atomic E-state index is 11.1. The minimum Gasteiger partial charge on any atom is -0.356 e. The zero-order valence-electron chi connectivity index (χ0n) is 8.49. The Morgan fingerprint density at radius 2 is 1.93 bits per heavy atom. The Bertz CT molecular complexity index is 276. The third kappa shape index (κ3) is 14.1. The smallest absolute Gasteiger partial charge is 0.316 e. The van der Waals surface area contributed by atoms with Gasteiger partial charge < -0.3 is 5.32 Å². The van der Waals surface area contributed by atoms with Gasteiger partial charge in [0.1, 0.15) is 0 Å². The summed E-state index contributed by atoms with van der Waals surface area (Å²) in [6.45, 7) is 4.14. The molecular formula is C8H19MgNO4S. The molecule has 1 amide bonds. The lowest BCUT2D eigenvalue weighted by Crippen LogP contribution is -2.26. The first-order chi connectivity index (χ1) is 6.31. The van der Waals surface area contributed by atoms with Gasteiger partial charge >= 0.3 is 23.1 Å². The third-order valence-electron chi connectivity index (χ3n) is 1.49. The molecule has 88 valence electrons. The molecule has 0 aliphatic rings. The number of amides is 1. The van der Waals surface area contributed by atoms with Crippen molar-refractivity contribution >= 4 is 39.1 Å². The molecule has 0 aliphatic heterocycles. The van der Waals surface area contributed by atoms with E-state index in [9.17, 15) is 13.2 Å². The predicted octanol–water partition coefficient (Wildman–Crippen LogP) is -0.490. The largest absolute Gasteiger partial charge is 0.356 e. The normalized spacial score (nSPS) is 10.9. The van der Waals surface area contributed by atoms with E-state index >= 15 is 0 Å². The summed E-state index contributed by atoms with van der Waals surface area (Å²) >= 11 is 0. The van der Waals surface area contributed by atoms with E-state index in [-0.39, 0.29) is 53.6 Å². The molecule has 0 aliphatic carbocycles. The van der Waals surface area contributed by atoms with E-state index < -0.39 is 10.1 Å². The molecule has 0 unspecified atom stereocenters. The van der Waals surface area contributed by atoms with E-state index in [1.165, 1.54) is 0 Å². The van der Waals surface area contributed by atoms with Gasteiger partial charge in [-0.05, 0) is 12.3 Å². The van der Waals surface area contributed by atoms with Crippen molar-refractivity contribution in [2.45, 2.75) is 26.7 Å². The molecule has 5 nitrogen and oxygen atoms in total. The van der Waals surface area contributed by atoms with Gasteiger partial charge in [-0.1, -0.05) is 13.8 Å². The minimum absolute atomic E-state index is 0. The van der Waals surface area contributed by atoms with Crippen molar-refractivity contribution in [2.75, 3.05) is 12.3 Å². The average molecular weight is 250 g/mol. The van der Waals surface area contributed by atoms with Gasteiger partial charge in [0.05, 0.1) is 5.75 Å². The first kappa shape index (κ1) is 17.5. The van der Waals surface area contributed by atoms with Crippen molar-refractivity contribution in [3.05, 3.63) is 0 Å². The maximum atomic E-state index is 11.1. The van der Waals surface area contributed by atoms with Crippen LogP contribution in [-0.2, 0) is 14.9 Å². The zero-order valence-corrected chi connectivity index (χ0v) is 9.30. The molecule has 0 heterocycles. The summed E-state index contributed by atoms with van der Waals surface area (Å²) in [5, 5.41) is 2.57. The molecule has 2 N–H and O–H groups in total. The minimum atomic E-state index is -3.90. The lowest BCUT2D eigenvalue weighted by Gasteiger charge is -2.05. The summed E-state index contributed by atoms with van der Waals surface area (Å²) in [4.78, 5) is 11.1. The molecular weight excluding hydrogens is 230 g/mol. The monoisotopic (exact) mass is 249 g/mol. The summed E-state index contributed by atoms with van der Waals surface area (Å²) in [5.41, 5.74) is 0. The first-order valence-electron chi connectivity index (χ1n) is 4.53. The Morgan fingerprint density at radius 1 is 1.40 bits per heavy atom. The van der Waals surface area contributed by atoms with Gasteiger partial charge in [0.25, 0.3) is 10.1 Å². The van der Waals surface area contributed by atoms with Crippen LogP contribution in [0.3, 0.4) is 0 Å². The molecule has 0 radical (unpaired) electrons. The summed E-state index contributed by atoms with van der Waals surface area (Å²) in [5.74, 6) is -0.110. The van der Waals surface area contributed by atoms with Crippen LogP contribution in [0.25, 0.3) is 0 Å². The van der Waals surface area contributed by atoms with E-state index in [2.05, 4.69) is 5.32 Å². The molecule has 0 atom stereocenters. The summed E-state index contributed by atoms with van der Waals surface area (Å²) in [6, 6.07) is 0. The summed E-state index contributed by atoms with van der Waals surface area (Å²) < 4.78 is 29.0. The highest BCUT2D eigenvalue weighted by Gasteiger charge is 2.06. The summed E-state index contributed by atoms with van der Waals surface area (Å²) in [6.07, 6.45) is 0.675. The zero-order chi connectivity index (χ0) is 11.2.